The molecule has 0 aromatic heterocycles. The van der Waals surface area contributed by atoms with Crippen molar-refractivity contribution in [1.82, 2.24) is 9.62 Å². The summed E-state index contributed by atoms with van der Waals surface area (Å²) in [7, 11) is -3.14. The van der Waals surface area contributed by atoms with E-state index in [-0.39, 0.29) is 22.5 Å². The van der Waals surface area contributed by atoms with Crippen molar-refractivity contribution in [3.63, 3.8) is 0 Å². The highest BCUT2D eigenvalue weighted by atomic mass is 79.9. The number of alkyl halides is 1. The molecule has 1 fully saturated rings. The molecule has 1 amide bonds. The van der Waals surface area contributed by atoms with Gasteiger partial charge in [-0.05, 0) is 26.7 Å². The summed E-state index contributed by atoms with van der Waals surface area (Å²) in [6, 6.07) is -0.0327. The van der Waals surface area contributed by atoms with Crippen LogP contribution in [0.15, 0.2) is 0 Å². The molecule has 1 aliphatic heterocycles. The largest absolute Gasteiger partial charge is 0.342 e. The van der Waals surface area contributed by atoms with E-state index < -0.39 is 10.0 Å². The second-order valence-electron chi connectivity index (χ2n) is 4.24. The van der Waals surface area contributed by atoms with Gasteiger partial charge in [0.15, 0.2) is 0 Å². The number of piperidine rings is 1. The monoisotopic (exact) mass is 326 g/mol. The number of amides is 1. The molecule has 0 bridgehead atoms. The molecule has 7 heteroatoms. The lowest BCUT2D eigenvalue weighted by Gasteiger charge is -2.32. The molecule has 1 atom stereocenters. The number of carbonyl (C=O) groups is 1. The summed E-state index contributed by atoms with van der Waals surface area (Å²) in [6.07, 6.45) is 1.37. The van der Waals surface area contributed by atoms with Crippen LogP contribution in [-0.4, -0.2) is 48.9 Å². The summed E-state index contributed by atoms with van der Waals surface area (Å²) in [5.74, 6) is 0.173. The van der Waals surface area contributed by atoms with Gasteiger partial charge in [-0.2, -0.15) is 0 Å². The van der Waals surface area contributed by atoms with E-state index in [1.807, 2.05) is 0 Å². The number of carbonyl (C=O) groups excluding carboxylic acids is 1. The van der Waals surface area contributed by atoms with Crippen LogP contribution >= 0.6 is 15.9 Å². The Balaban J connectivity index is 2.44. The third kappa shape index (κ3) is 4.56. The van der Waals surface area contributed by atoms with Gasteiger partial charge in [0.05, 0.1) is 10.6 Å². The van der Waals surface area contributed by atoms with Crippen molar-refractivity contribution < 1.29 is 13.2 Å². The molecule has 0 aromatic rings. The molecule has 1 rings (SSSR count). The number of hydrogen-bond acceptors (Lipinski definition) is 3. The number of halogens is 1. The highest BCUT2D eigenvalue weighted by molar-refractivity contribution is 9.10. The Morgan fingerprint density at radius 2 is 2.00 bits per heavy atom. The molecule has 0 aliphatic carbocycles. The maximum atomic E-state index is 11.7. The Morgan fingerprint density at radius 1 is 1.47 bits per heavy atom. The van der Waals surface area contributed by atoms with Gasteiger partial charge in [0.2, 0.25) is 15.9 Å². The van der Waals surface area contributed by atoms with Gasteiger partial charge < -0.3 is 4.90 Å². The molecule has 1 heterocycles. The molecule has 5 nitrogen and oxygen atoms in total. The predicted octanol–water partition coefficient (Wildman–Crippen LogP) is 0.700. The summed E-state index contributed by atoms with van der Waals surface area (Å²) < 4.78 is 25.4. The quantitative estimate of drug-likeness (QED) is 0.773. The number of nitrogens with zero attached hydrogens (tertiary/aromatic N) is 1. The van der Waals surface area contributed by atoms with E-state index in [0.29, 0.717) is 25.9 Å². The van der Waals surface area contributed by atoms with Gasteiger partial charge in [-0.25, -0.2) is 13.1 Å². The van der Waals surface area contributed by atoms with Gasteiger partial charge in [-0.3, -0.25) is 4.79 Å². The molecule has 1 aliphatic rings. The molecule has 0 spiro atoms. The van der Waals surface area contributed by atoms with Crippen molar-refractivity contribution in [3.8, 4) is 0 Å². The highest BCUT2D eigenvalue weighted by Gasteiger charge is 2.26. The lowest BCUT2D eigenvalue weighted by molar-refractivity contribution is -0.131. The minimum absolute atomic E-state index is 0.0327. The lowest BCUT2D eigenvalue weighted by atomic mass is 10.1. The van der Waals surface area contributed by atoms with Gasteiger partial charge in [0, 0.05) is 19.1 Å². The van der Waals surface area contributed by atoms with Gasteiger partial charge in [0.1, 0.15) is 0 Å². The Labute approximate surface area is 111 Å². The molecule has 1 N–H and O–H groups in total. The van der Waals surface area contributed by atoms with Gasteiger partial charge in [-0.15, -0.1) is 0 Å². The van der Waals surface area contributed by atoms with Crippen LogP contribution in [0.2, 0.25) is 0 Å². The summed E-state index contributed by atoms with van der Waals surface area (Å²) in [5.41, 5.74) is 0. The van der Waals surface area contributed by atoms with E-state index in [1.54, 1.807) is 18.7 Å². The van der Waals surface area contributed by atoms with E-state index in [9.17, 15) is 13.2 Å². The minimum atomic E-state index is -3.14. The smallest absolute Gasteiger partial charge is 0.236 e. The average molecular weight is 327 g/mol. The number of nitrogens with one attached hydrogen (secondary N) is 1. The van der Waals surface area contributed by atoms with Gasteiger partial charge in [0.25, 0.3) is 0 Å². The summed E-state index contributed by atoms with van der Waals surface area (Å²) in [6.45, 7) is 4.65. The molecule has 100 valence electrons. The molecule has 0 radical (unpaired) electrons. The first-order chi connectivity index (χ1) is 7.85. The molecule has 0 saturated carbocycles. The van der Waals surface area contributed by atoms with Gasteiger partial charge in [-0.1, -0.05) is 15.9 Å². The van der Waals surface area contributed by atoms with Crippen molar-refractivity contribution in [3.05, 3.63) is 0 Å². The molecule has 17 heavy (non-hydrogen) atoms. The van der Waals surface area contributed by atoms with E-state index in [0.717, 1.165) is 0 Å². The fraction of sp³-hybridized carbons (Fsp3) is 0.900. The van der Waals surface area contributed by atoms with Crippen molar-refractivity contribution in [2.75, 3.05) is 18.8 Å². The lowest BCUT2D eigenvalue weighted by Crippen LogP contribution is -2.48. The topological polar surface area (TPSA) is 66.5 Å². The number of likely N-dealkylation sites (tertiary alicyclic amines) is 1. The minimum Gasteiger partial charge on any atom is -0.342 e. The number of rotatable bonds is 4. The summed E-state index contributed by atoms with van der Waals surface area (Å²) >= 11 is 3.25. The summed E-state index contributed by atoms with van der Waals surface area (Å²) in [5, 5.41) is 0. The zero-order valence-corrected chi connectivity index (χ0v) is 12.6. The SMILES string of the molecule is CCS(=O)(=O)NC1CCN(C(=O)C(C)Br)CC1. The number of hydrogen-bond donors (Lipinski definition) is 1. The average Bonchev–Trinajstić information content (AvgIpc) is 2.28. The van der Waals surface area contributed by atoms with Crippen LogP contribution < -0.4 is 4.72 Å². The zero-order valence-electron chi connectivity index (χ0n) is 10.1. The Morgan fingerprint density at radius 3 is 2.41 bits per heavy atom. The van der Waals surface area contributed by atoms with Crippen molar-refractivity contribution in [2.24, 2.45) is 0 Å². The summed E-state index contributed by atoms with van der Waals surface area (Å²) in [4.78, 5) is 13.3. The first kappa shape index (κ1) is 14.9. The second-order valence-corrected chi connectivity index (χ2v) is 7.65. The first-order valence-electron chi connectivity index (χ1n) is 5.78. The van der Waals surface area contributed by atoms with Crippen LogP contribution in [0.4, 0.5) is 0 Å². The van der Waals surface area contributed by atoms with Crippen molar-refractivity contribution in [2.45, 2.75) is 37.6 Å². The zero-order chi connectivity index (χ0) is 13.1. The van der Waals surface area contributed by atoms with Crippen LogP contribution in [0.3, 0.4) is 0 Å². The third-order valence-electron chi connectivity index (χ3n) is 2.87. The van der Waals surface area contributed by atoms with E-state index in [1.165, 1.54) is 0 Å². The van der Waals surface area contributed by atoms with E-state index in [2.05, 4.69) is 20.7 Å². The second kappa shape index (κ2) is 6.15. The Bertz CT molecular complexity index is 362. The molecule has 1 unspecified atom stereocenters. The maximum Gasteiger partial charge on any atom is 0.236 e. The van der Waals surface area contributed by atoms with E-state index >= 15 is 0 Å². The first-order valence-corrected chi connectivity index (χ1v) is 8.35. The fourth-order valence-corrected chi connectivity index (χ4v) is 3.01. The molecular formula is C10H19BrN2O3S. The standard InChI is InChI=1S/C10H19BrN2O3S/c1-3-17(15,16)12-9-4-6-13(7-5-9)10(14)8(2)11/h8-9,12H,3-7H2,1-2H3. The molecular weight excluding hydrogens is 308 g/mol. The van der Waals surface area contributed by atoms with Crippen LogP contribution in [0, 0.1) is 0 Å². The number of sulfonamides is 1. The molecule has 1 saturated heterocycles. The third-order valence-corrected chi connectivity index (χ3v) is 4.72. The van der Waals surface area contributed by atoms with E-state index in [4.69, 9.17) is 0 Å². The highest BCUT2D eigenvalue weighted by Crippen LogP contribution is 2.14. The van der Waals surface area contributed by atoms with Crippen molar-refractivity contribution >= 4 is 31.9 Å². The fourth-order valence-electron chi connectivity index (χ4n) is 1.81. The van der Waals surface area contributed by atoms with Gasteiger partial charge >= 0.3 is 0 Å². The van der Waals surface area contributed by atoms with Crippen LogP contribution in [-0.2, 0) is 14.8 Å². The predicted molar refractivity (Wildman–Crippen MR) is 70.6 cm³/mol. The normalized spacial score (nSPS) is 20.3. The Kier molecular flexibility index (Phi) is 5.40. The molecule has 0 aromatic carbocycles. The Hall–Kier alpha value is -0.140. The maximum absolute atomic E-state index is 11.7. The van der Waals surface area contributed by atoms with Crippen molar-refractivity contribution in [1.29, 1.82) is 0 Å². The van der Waals surface area contributed by atoms with Crippen LogP contribution in [0.25, 0.3) is 0 Å². The van der Waals surface area contributed by atoms with Crippen LogP contribution in [0.5, 0.6) is 0 Å². The van der Waals surface area contributed by atoms with Crippen LogP contribution in [0.1, 0.15) is 26.7 Å².